The van der Waals surface area contributed by atoms with Crippen LogP contribution in [-0.4, -0.2) is 62.9 Å². The number of aromatic nitrogens is 4. The third-order valence-electron chi connectivity index (χ3n) is 7.88. The van der Waals surface area contributed by atoms with Crippen LogP contribution in [0.3, 0.4) is 0 Å². The Morgan fingerprint density at radius 3 is 2.46 bits per heavy atom. The molecule has 39 heavy (non-hydrogen) atoms. The Balaban J connectivity index is 0.00000151. The molecule has 1 unspecified atom stereocenters. The van der Waals surface area contributed by atoms with Gasteiger partial charge in [0.05, 0.1) is 48.2 Å². The number of nitrogens with zero attached hydrogens (tertiary/aromatic N) is 5. The maximum atomic E-state index is 13.1. The van der Waals surface area contributed by atoms with E-state index in [1.54, 1.807) is 17.1 Å². The van der Waals surface area contributed by atoms with Crippen molar-refractivity contribution in [2.45, 2.75) is 71.8 Å². The Kier molecular flexibility index (Phi) is 8.53. The third-order valence-corrected chi connectivity index (χ3v) is 7.88. The van der Waals surface area contributed by atoms with Crippen molar-refractivity contribution >= 4 is 17.2 Å². The predicted molar refractivity (Wildman–Crippen MR) is 154 cm³/mol. The molecule has 0 bridgehead atoms. The van der Waals surface area contributed by atoms with Gasteiger partial charge in [0.15, 0.2) is 5.82 Å². The quantitative estimate of drug-likeness (QED) is 0.442. The van der Waals surface area contributed by atoms with E-state index in [-0.39, 0.29) is 5.91 Å². The maximum Gasteiger partial charge on any atom is 0.259 e. The number of amides is 1. The van der Waals surface area contributed by atoms with E-state index in [1.165, 1.54) is 24.0 Å². The molecule has 3 aromatic heterocycles. The highest BCUT2D eigenvalue weighted by Gasteiger charge is 2.25. The third kappa shape index (κ3) is 6.12. The van der Waals surface area contributed by atoms with Crippen molar-refractivity contribution in [3.63, 3.8) is 0 Å². The molecule has 2 fully saturated rings. The second-order valence-electron chi connectivity index (χ2n) is 10.4. The summed E-state index contributed by atoms with van der Waals surface area (Å²) in [7, 11) is 0. The molecule has 1 aliphatic heterocycles. The normalized spacial score (nSPS) is 19.6. The van der Waals surface area contributed by atoms with Gasteiger partial charge in [-0.15, -0.1) is 0 Å². The van der Waals surface area contributed by atoms with Crippen molar-refractivity contribution in [3.8, 4) is 5.82 Å². The second-order valence-corrected chi connectivity index (χ2v) is 10.4. The van der Waals surface area contributed by atoms with Crippen LogP contribution in [0.25, 0.3) is 11.4 Å². The van der Waals surface area contributed by atoms with Gasteiger partial charge in [0.2, 0.25) is 0 Å². The standard InChI is InChI=1S/C29H34N6O2.C2H6/c1-19-15-24(17-31-28(19)22-5-8-25(9-6-22)34-11-13-37-14-12-34)33-29(36)26-18-32-35(20(26)2)27-10-7-23(16-30-27)21-3-4-21;1-2/h5,7,10,15-18,21,25H,3-4,6,8-9,11-14H2,1-2H3,(H,33,36);1-2H3. The van der Waals surface area contributed by atoms with E-state index in [0.29, 0.717) is 23.2 Å². The van der Waals surface area contributed by atoms with Crippen LogP contribution in [0.15, 0.2) is 42.9 Å². The van der Waals surface area contributed by atoms with Crippen LogP contribution in [0.5, 0.6) is 0 Å². The van der Waals surface area contributed by atoms with Crippen molar-refractivity contribution in [1.82, 2.24) is 24.6 Å². The largest absolute Gasteiger partial charge is 0.379 e. The Morgan fingerprint density at radius 2 is 1.82 bits per heavy atom. The molecule has 3 aliphatic rings. The summed E-state index contributed by atoms with van der Waals surface area (Å²) in [4.78, 5) is 24.9. The molecule has 0 radical (unpaired) electrons. The van der Waals surface area contributed by atoms with Crippen molar-refractivity contribution in [2.24, 2.45) is 0 Å². The molecule has 8 nitrogen and oxygen atoms in total. The molecule has 4 heterocycles. The Bertz CT molecular complexity index is 1320. The molecule has 1 saturated carbocycles. The predicted octanol–water partition coefficient (Wildman–Crippen LogP) is 5.70. The Hall–Kier alpha value is -3.36. The maximum absolute atomic E-state index is 13.1. The molecule has 1 saturated heterocycles. The first-order valence-electron chi connectivity index (χ1n) is 14.4. The lowest BCUT2D eigenvalue weighted by Crippen LogP contribution is -2.43. The van der Waals surface area contributed by atoms with Gasteiger partial charge in [-0.25, -0.2) is 9.67 Å². The first-order chi connectivity index (χ1) is 19.1. The monoisotopic (exact) mass is 528 g/mol. The fourth-order valence-electron chi connectivity index (χ4n) is 5.53. The van der Waals surface area contributed by atoms with E-state index in [2.05, 4.69) is 39.4 Å². The van der Waals surface area contributed by atoms with Gasteiger partial charge in [-0.05, 0) is 80.7 Å². The number of hydrogen-bond acceptors (Lipinski definition) is 6. The summed E-state index contributed by atoms with van der Waals surface area (Å²) in [5.41, 5.74) is 6.65. The number of ether oxygens (including phenoxy) is 1. The number of carbonyl (C=O) groups is 1. The van der Waals surface area contributed by atoms with Crippen LogP contribution in [0.2, 0.25) is 0 Å². The van der Waals surface area contributed by atoms with Crippen molar-refractivity contribution in [1.29, 1.82) is 0 Å². The zero-order valence-electron chi connectivity index (χ0n) is 23.6. The summed E-state index contributed by atoms with van der Waals surface area (Å²) >= 11 is 0. The van der Waals surface area contributed by atoms with E-state index in [9.17, 15) is 4.79 Å². The Labute approximate surface area is 231 Å². The van der Waals surface area contributed by atoms with Gasteiger partial charge in [0, 0.05) is 25.3 Å². The first-order valence-corrected chi connectivity index (χ1v) is 14.4. The highest BCUT2D eigenvalue weighted by molar-refractivity contribution is 6.05. The lowest BCUT2D eigenvalue weighted by Gasteiger charge is -2.36. The molecule has 206 valence electrons. The number of morpholine rings is 1. The highest BCUT2D eigenvalue weighted by atomic mass is 16.5. The fourth-order valence-corrected chi connectivity index (χ4v) is 5.53. The second kappa shape index (κ2) is 12.2. The summed E-state index contributed by atoms with van der Waals surface area (Å²) in [6.45, 7) is 11.7. The number of carbonyl (C=O) groups excluding carboxylic acids is 1. The topological polar surface area (TPSA) is 85.2 Å². The van der Waals surface area contributed by atoms with E-state index in [4.69, 9.17) is 9.72 Å². The first kappa shape index (κ1) is 27.2. The summed E-state index contributed by atoms with van der Waals surface area (Å²) in [5, 5.41) is 7.44. The van der Waals surface area contributed by atoms with Gasteiger partial charge in [0.25, 0.3) is 5.91 Å². The number of aryl methyl sites for hydroxylation is 1. The van der Waals surface area contributed by atoms with Gasteiger partial charge >= 0.3 is 0 Å². The number of anilines is 1. The van der Waals surface area contributed by atoms with Crippen LogP contribution in [0.4, 0.5) is 5.69 Å². The number of allylic oxidation sites excluding steroid dienone is 1. The molecule has 2 aliphatic carbocycles. The number of hydrogen-bond donors (Lipinski definition) is 1. The molecule has 6 rings (SSSR count). The van der Waals surface area contributed by atoms with Crippen LogP contribution in [0, 0.1) is 13.8 Å². The molecule has 1 N–H and O–H groups in total. The zero-order valence-corrected chi connectivity index (χ0v) is 23.6. The van der Waals surface area contributed by atoms with Crippen LogP contribution in [0.1, 0.15) is 84.7 Å². The van der Waals surface area contributed by atoms with E-state index in [1.807, 2.05) is 39.1 Å². The van der Waals surface area contributed by atoms with Gasteiger partial charge in [-0.3, -0.25) is 14.7 Å². The van der Waals surface area contributed by atoms with Crippen molar-refractivity contribution in [3.05, 3.63) is 70.9 Å². The minimum atomic E-state index is -0.197. The molecular formula is C31H40N6O2. The van der Waals surface area contributed by atoms with E-state index in [0.717, 1.165) is 68.3 Å². The van der Waals surface area contributed by atoms with Gasteiger partial charge in [-0.1, -0.05) is 26.0 Å². The fraction of sp³-hybridized carbons (Fsp3) is 0.484. The SMILES string of the molecule is CC.Cc1cc(NC(=O)c2cnn(-c3ccc(C4CC4)cn3)c2C)cnc1C1=CCC(N2CCOCC2)CC1. The minimum absolute atomic E-state index is 0.197. The van der Waals surface area contributed by atoms with E-state index < -0.39 is 0 Å². The van der Waals surface area contributed by atoms with E-state index >= 15 is 0 Å². The van der Waals surface area contributed by atoms with Crippen molar-refractivity contribution in [2.75, 3.05) is 31.6 Å². The summed E-state index contributed by atoms with van der Waals surface area (Å²) in [6.07, 6.45) is 13.3. The summed E-state index contributed by atoms with van der Waals surface area (Å²) < 4.78 is 7.22. The molecule has 1 amide bonds. The lowest BCUT2D eigenvalue weighted by atomic mass is 9.90. The summed E-state index contributed by atoms with van der Waals surface area (Å²) in [5.74, 6) is 1.18. The highest BCUT2D eigenvalue weighted by Crippen LogP contribution is 2.39. The molecule has 0 spiro atoms. The summed E-state index contributed by atoms with van der Waals surface area (Å²) in [6, 6.07) is 6.70. The molecule has 1 atom stereocenters. The van der Waals surface area contributed by atoms with Crippen LogP contribution >= 0.6 is 0 Å². The van der Waals surface area contributed by atoms with Gasteiger partial charge < -0.3 is 10.1 Å². The van der Waals surface area contributed by atoms with Gasteiger partial charge in [-0.2, -0.15) is 5.10 Å². The smallest absolute Gasteiger partial charge is 0.259 e. The lowest BCUT2D eigenvalue weighted by molar-refractivity contribution is 0.0150. The molecule has 0 aromatic carbocycles. The number of nitrogens with one attached hydrogen (secondary N) is 1. The van der Waals surface area contributed by atoms with Crippen LogP contribution < -0.4 is 5.32 Å². The average molecular weight is 529 g/mol. The molecule has 8 heteroatoms. The van der Waals surface area contributed by atoms with Gasteiger partial charge in [0.1, 0.15) is 0 Å². The Morgan fingerprint density at radius 1 is 1.03 bits per heavy atom. The average Bonchev–Trinajstić information content (AvgIpc) is 3.76. The molecule has 3 aromatic rings. The van der Waals surface area contributed by atoms with Crippen molar-refractivity contribution < 1.29 is 9.53 Å². The number of pyridine rings is 2. The molecular weight excluding hydrogens is 488 g/mol. The number of rotatable bonds is 6. The minimum Gasteiger partial charge on any atom is -0.379 e. The van der Waals surface area contributed by atoms with Crippen LogP contribution in [-0.2, 0) is 4.74 Å². The zero-order chi connectivity index (χ0) is 27.4.